The topological polar surface area (TPSA) is 25.4 Å². The Hall–Kier alpha value is -0.870. The number of pyridine rings is 1. The van der Waals surface area contributed by atoms with E-state index in [9.17, 15) is 4.39 Å². The Morgan fingerprint density at radius 2 is 2.41 bits per heavy atom. The molecule has 0 radical (unpaired) electrons. The van der Waals surface area contributed by atoms with Gasteiger partial charge in [0, 0.05) is 19.3 Å². The molecule has 1 fully saturated rings. The van der Waals surface area contributed by atoms with Crippen LogP contribution >= 0.6 is 11.6 Å². The molecule has 0 bridgehead atoms. The summed E-state index contributed by atoms with van der Waals surface area (Å²) in [6.45, 7) is 5.99. The van der Waals surface area contributed by atoms with Crippen LogP contribution in [0, 0.1) is 5.82 Å². The van der Waals surface area contributed by atoms with E-state index in [0.29, 0.717) is 30.5 Å². The lowest BCUT2D eigenvalue weighted by molar-refractivity contribution is -0.0444. The fourth-order valence-electron chi connectivity index (χ4n) is 1.97. The first-order valence-corrected chi connectivity index (χ1v) is 6.12. The average Bonchev–Trinajstić information content (AvgIpc) is 2.29. The lowest BCUT2D eigenvalue weighted by atomic mass is 10.0. The maximum Gasteiger partial charge on any atom is 0.167 e. The normalized spacial score (nSPS) is 25.1. The Balaban J connectivity index is 2.22. The molecule has 0 N–H and O–H groups in total. The largest absolute Gasteiger partial charge is 0.372 e. The van der Waals surface area contributed by atoms with Crippen LogP contribution in [0.25, 0.3) is 0 Å². The number of ether oxygens (including phenoxy) is 1. The zero-order valence-corrected chi connectivity index (χ0v) is 10.8. The number of halogens is 2. The van der Waals surface area contributed by atoms with Gasteiger partial charge in [0.1, 0.15) is 0 Å². The molecular formula is C12H16ClFN2O. The molecule has 2 rings (SSSR count). The summed E-state index contributed by atoms with van der Waals surface area (Å²) >= 11 is 5.69. The number of aromatic nitrogens is 1. The fraction of sp³-hybridized carbons (Fsp3) is 0.583. The lowest BCUT2D eigenvalue weighted by Crippen LogP contribution is -2.50. The molecule has 0 spiro atoms. The van der Waals surface area contributed by atoms with Gasteiger partial charge in [-0.1, -0.05) is 18.5 Å². The highest BCUT2D eigenvalue weighted by atomic mass is 35.5. The third kappa shape index (κ3) is 2.69. The highest BCUT2D eigenvalue weighted by molar-refractivity contribution is 6.30. The standard InChI is InChI=1S/C12H16ClFN2O/c1-3-12(2)8-16(4-5-17-12)11-10(14)6-9(13)7-15-11/h6-7H,3-5,8H2,1-2H3. The zero-order valence-electron chi connectivity index (χ0n) is 10.0. The van der Waals surface area contributed by atoms with Crippen molar-refractivity contribution in [3.63, 3.8) is 0 Å². The molecule has 1 aliphatic heterocycles. The predicted octanol–water partition coefficient (Wildman–Crippen LogP) is 2.88. The SMILES string of the molecule is CCC1(C)CN(c2ncc(Cl)cc2F)CCO1. The highest BCUT2D eigenvalue weighted by Gasteiger charge is 2.31. The van der Waals surface area contributed by atoms with Gasteiger partial charge in [0.15, 0.2) is 11.6 Å². The zero-order chi connectivity index (χ0) is 12.5. The van der Waals surface area contributed by atoms with Gasteiger partial charge in [-0.3, -0.25) is 0 Å². The van der Waals surface area contributed by atoms with Crippen molar-refractivity contribution < 1.29 is 9.13 Å². The van der Waals surface area contributed by atoms with Gasteiger partial charge in [-0.25, -0.2) is 9.37 Å². The molecule has 3 nitrogen and oxygen atoms in total. The van der Waals surface area contributed by atoms with E-state index < -0.39 is 0 Å². The second kappa shape index (κ2) is 4.78. The van der Waals surface area contributed by atoms with Crippen molar-refractivity contribution in [2.75, 3.05) is 24.6 Å². The first-order chi connectivity index (χ1) is 8.04. The summed E-state index contributed by atoms with van der Waals surface area (Å²) in [4.78, 5) is 5.98. The Morgan fingerprint density at radius 1 is 1.65 bits per heavy atom. The smallest absolute Gasteiger partial charge is 0.167 e. The fourth-order valence-corrected chi connectivity index (χ4v) is 2.11. The second-order valence-corrected chi connectivity index (χ2v) is 4.97. The molecule has 0 saturated carbocycles. The molecule has 1 unspecified atom stereocenters. The monoisotopic (exact) mass is 258 g/mol. The minimum absolute atomic E-state index is 0.230. The van der Waals surface area contributed by atoms with Gasteiger partial charge >= 0.3 is 0 Å². The van der Waals surface area contributed by atoms with E-state index in [1.807, 2.05) is 11.8 Å². The molecule has 1 aromatic rings. The van der Waals surface area contributed by atoms with Crippen LogP contribution in [0.3, 0.4) is 0 Å². The summed E-state index contributed by atoms with van der Waals surface area (Å²) in [6.07, 6.45) is 2.36. The Morgan fingerprint density at radius 3 is 3.06 bits per heavy atom. The van der Waals surface area contributed by atoms with Crippen molar-refractivity contribution in [3.8, 4) is 0 Å². The molecule has 2 heterocycles. The molecule has 0 aromatic carbocycles. The van der Waals surface area contributed by atoms with Crippen molar-refractivity contribution in [1.82, 2.24) is 4.98 Å². The van der Waals surface area contributed by atoms with E-state index in [4.69, 9.17) is 16.3 Å². The summed E-state index contributed by atoms with van der Waals surface area (Å²) in [6, 6.07) is 1.29. The van der Waals surface area contributed by atoms with E-state index in [0.717, 1.165) is 6.42 Å². The molecule has 1 aliphatic rings. The molecule has 17 heavy (non-hydrogen) atoms. The average molecular weight is 259 g/mol. The molecule has 5 heteroatoms. The van der Waals surface area contributed by atoms with Crippen LogP contribution in [0.4, 0.5) is 10.2 Å². The summed E-state index contributed by atoms with van der Waals surface area (Å²) < 4.78 is 19.5. The Kier molecular flexibility index (Phi) is 3.54. The van der Waals surface area contributed by atoms with Crippen molar-refractivity contribution in [2.24, 2.45) is 0 Å². The third-order valence-corrected chi connectivity index (χ3v) is 3.38. The number of morpholine rings is 1. The molecule has 0 amide bonds. The minimum atomic E-state index is -0.377. The number of rotatable bonds is 2. The van der Waals surface area contributed by atoms with Crippen LogP contribution in [0.15, 0.2) is 12.3 Å². The first kappa shape index (κ1) is 12.6. The summed E-state index contributed by atoms with van der Waals surface area (Å²) in [7, 11) is 0. The highest BCUT2D eigenvalue weighted by Crippen LogP contribution is 2.26. The van der Waals surface area contributed by atoms with Gasteiger partial charge in [-0.05, 0) is 19.4 Å². The van der Waals surface area contributed by atoms with Gasteiger partial charge < -0.3 is 9.64 Å². The van der Waals surface area contributed by atoms with Crippen molar-refractivity contribution in [1.29, 1.82) is 0 Å². The molecule has 1 atom stereocenters. The number of hydrogen-bond donors (Lipinski definition) is 0. The minimum Gasteiger partial charge on any atom is -0.372 e. The van der Waals surface area contributed by atoms with E-state index >= 15 is 0 Å². The van der Waals surface area contributed by atoms with E-state index in [2.05, 4.69) is 11.9 Å². The number of anilines is 1. The third-order valence-electron chi connectivity index (χ3n) is 3.17. The van der Waals surface area contributed by atoms with Crippen LogP contribution < -0.4 is 4.90 Å². The van der Waals surface area contributed by atoms with Crippen LogP contribution in [-0.2, 0) is 4.74 Å². The molecular weight excluding hydrogens is 243 g/mol. The van der Waals surface area contributed by atoms with E-state index in [1.54, 1.807) is 0 Å². The quantitative estimate of drug-likeness (QED) is 0.816. The summed E-state index contributed by atoms with van der Waals surface area (Å²) in [5, 5.41) is 0.317. The van der Waals surface area contributed by atoms with Gasteiger partial charge in [-0.2, -0.15) is 0 Å². The number of nitrogens with zero attached hydrogens (tertiary/aromatic N) is 2. The van der Waals surface area contributed by atoms with Crippen LogP contribution in [0.5, 0.6) is 0 Å². The molecule has 94 valence electrons. The van der Waals surface area contributed by atoms with Gasteiger partial charge in [0.2, 0.25) is 0 Å². The van der Waals surface area contributed by atoms with Crippen molar-refractivity contribution in [2.45, 2.75) is 25.9 Å². The molecule has 1 aromatic heterocycles. The molecule has 1 saturated heterocycles. The van der Waals surface area contributed by atoms with Gasteiger partial charge in [0.05, 0.1) is 17.2 Å². The van der Waals surface area contributed by atoms with E-state index in [-0.39, 0.29) is 11.4 Å². The number of hydrogen-bond acceptors (Lipinski definition) is 3. The van der Waals surface area contributed by atoms with Crippen molar-refractivity contribution in [3.05, 3.63) is 23.1 Å². The van der Waals surface area contributed by atoms with Crippen molar-refractivity contribution >= 4 is 17.4 Å². The van der Waals surface area contributed by atoms with Gasteiger partial charge in [0.25, 0.3) is 0 Å². The van der Waals surface area contributed by atoms with Crippen LogP contribution in [-0.4, -0.2) is 30.3 Å². The first-order valence-electron chi connectivity index (χ1n) is 5.74. The maximum atomic E-state index is 13.8. The van der Waals surface area contributed by atoms with Crippen LogP contribution in [0.2, 0.25) is 5.02 Å². The maximum absolute atomic E-state index is 13.8. The second-order valence-electron chi connectivity index (χ2n) is 4.53. The summed E-state index contributed by atoms with van der Waals surface area (Å²) in [5.41, 5.74) is -0.230. The van der Waals surface area contributed by atoms with Crippen LogP contribution in [0.1, 0.15) is 20.3 Å². The van der Waals surface area contributed by atoms with E-state index in [1.165, 1.54) is 12.3 Å². The summed E-state index contributed by atoms with van der Waals surface area (Å²) in [5.74, 6) is -0.0183. The predicted molar refractivity (Wildman–Crippen MR) is 66.1 cm³/mol. The van der Waals surface area contributed by atoms with Gasteiger partial charge in [-0.15, -0.1) is 0 Å². The lowest BCUT2D eigenvalue weighted by Gasteiger charge is -2.40. The Bertz CT molecular complexity index is 415. The Labute approximate surface area is 106 Å². The molecule has 0 aliphatic carbocycles.